The van der Waals surface area contributed by atoms with Crippen LogP contribution in [-0.2, 0) is 16.1 Å². The number of nitrogens with zero attached hydrogens (tertiary/aromatic N) is 2. The van der Waals surface area contributed by atoms with Crippen LogP contribution in [-0.4, -0.2) is 51.8 Å². The Morgan fingerprint density at radius 1 is 1.09 bits per heavy atom. The van der Waals surface area contributed by atoms with E-state index in [2.05, 4.69) is 22.6 Å². The highest BCUT2D eigenvalue weighted by Crippen LogP contribution is 2.44. The highest BCUT2D eigenvalue weighted by molar-refractivity contribution is 5.98. The molecule has 2 aromatic carbocycles. The summed E-state index contributed by atoms with van der Waals surface area (Å²) in [6, 6.07) is 16.1. The first kappa shape index (κ1) is 24.0. The zero-order valence-corrected chi connectivity index (χ0v) is 19.8. The van der Waals surface area contributed by atoms with Crippen LogP contribution < -0.4 is 5.32 Å². The maximum absolute atomic E-state index is 13.0. The number of likely N-dealkylation sites (N-methyl/N-ethyl adjacent to an activating group) is 1. The van der Waals surface area contributed by atoms with Gasteiger partial charge >= 0.3 is 12.1 Å². The van der Waals surface area contributed by atoms with Gasteiger partial charge in [-0.05, 0) is 43.0 Å². The highest BCUT2D eigenvalue weighted by atomic mass is 16.5. The van der Waals surface area contributed by atoms with Crippen molar-refractivity contribution in [1.82, 2.24) is 15.4 Å². The molecule has 182 valence electrons. The maximum atomic E-state index is 13.0. The van der Waals surface area contributed by atoms with E-state index in [1.165, 1.54) is 18.7 Å². The van der Waals surface area contributed by atoms with E-state index in [9.17, 15) is 19.5 Å². The molecular weight excluding hydrogens is 450 g/mol. The van der Waals surface area contributed by atoms with Crippen molar-refractivity contribution in [1.29, 1.82) is 0 Å². The Balaban J connectivity index is 1.40. The van der Waals surface area contributed by atoms with Gasteiger partial charge in [0.2, 0.25) is 0 Å². The maximum Gasteiger partial charge on any atom is 0.407 e. The van der Waals surface area contributed by atoms with Crippen molar-refractivity contribution in [3.63, 3.8) is 0 Å². The zero-order chi connectivity index (χ0) is 25.2. The van der Waals surface area contributed by atoms with Gasteiger partial charge in [-0.25, -0.2) is 9.59 Å². The molecule has 0 fully saturated rings. The molecule has 0 radical (unpaired) electrons. The average Bonchev–Trinajstić information content (AvgIpc) is 3.44. The summed E-state index contributed by atoms with van der Waals surface area (Å²) in [4.78, 5) is 38.3. The molecule has 1 aliphatic rings. The monoisotopic (exact) mass is 477 g/mol. The molecule has 1 aromatic heterocycles. The van der Waals surface area contributed by atoms with Gasteiger partial charge in [0.05, 0.1) is 6.54 Å². The molecule has 0 saturated carbocycles. The molecular formula is C26H27N3O6. The molecule has 2 amide bonds. The summed E-state index contributed by atoms with van der Waals surface area (Å²) in [6.45, 7) is 4.78. The Morgan fingerprint density at radius 2 is 1.69 bits per heavy atom. The summed E-state index contributed by atoms with van der Waals surface area (Å²) < 4.78 is 10.5. The predicted molar refractivity (Wildman–Crippen MR) is 127 cm³/mol. The van der Waals surface area contributed by atoms with Gasteiger partial charge in [0, 0.05) is 12.5 Å². The number of benzene rings is 2. The number of aliphatic carboxylic acids is 1. The molecule has 35 heavy (non-hydrogen) atoms. The lowest BCUT2D eigenvalue weighted by molar-refractivity contribution is -0.147. The van der Waals surface area contributed by atoms with Crippen LogP contribution in [0.3, 0.4) is 0 Å². The SMILES string of the molecule is CCN(C(=O)c1conc1CNC(=O)OCC1c2ccccc2-c2ccccc21)C(C)(C)C(=O)O. The van der Waals surface area contributed by atoms with Gasteiger partial charge in [0.25, 0.3) is 5.91 Å². The molecule has 0 bridgehead atoms. The molecule has 3 aromatic rings. The topological polar surface area (TPSA) is 122 Å². The zero-order valence-electron chi connectivity index (χ0n) is 19.8. The lowest BCUT2D eigenvalue weighted by Gasteiger charge is -2.34. The minimum Gasteiger partial charge on any atom is -0.480 e. The fraction of sp³-hybridized carbons (Fsp3) is 0.308. The minimum atomic E-state index is -1.43. The van der Waals surface area contributed by atoms with Crippen LogP contribution in [0.25, 0.3) is 11.1 Å². The molecule has 9 heteroatoms. The van der Waals surface area contributed by atoms with Gasteiger partial charge in [-0.15, -0.1) is 0 Å². The summed E-state index contributed by atoms with van der Waals surface area (Å²) >= 11 is 0. The molecule has 0 unspecified atom stereocenters. The van der Waals surface area contributed by atoms with E-state index in [0.717, 1.165) is 28.5 Å². The standard InChI is InChI=1S/C26H27N3O6/c1-4-29(26(2,3)24(31)32)23(30)21-15-35-28-22(21)13-27-25(33)34-14-20-18-11-7-5-9-16(18)17-10-6-8-12-19(17)20/h5-12,15,20H,4,13-14H2,1-3H3,(H,27,33)(H,31,32). The van der Waals surface area contributed by atoms with E-state index in [1.54, 1.807) is 6.92 Å². The average molecular weight is 478 g/mol. The molecule has 0 aliphatic heterocycles. The van der Waals surface area contributed by atoms with Crippen LogP contribution in [0.15, 0.2) is 59.3 Å². The molecule has 1 heterocycles. The summed E-state index contributed by atoms with van der Waals surface area (Å²) in [5.74, 6) is -1.76. The summed E-state index contributed by atoms with van der Waals surface area (Å²) in [6.07, 6.45) is 0.490. The Labute approximate surface area is 202 Å². The van der Waals surface area contributed by atoms with Gasteiger partial charge in [-0.1, -0.05) is 53.7 Å². The van der Waals surface area contributed by atoms with Crippen molar-refractivity contribution in [2.45, 2.75) is 38.8 Å². The second-order valence-corrected chi connectivity index (χ2v) is 8.77. The number of rotatable bonds is 8. The minimum absolute atomic E-state index is 0.0753. The van der Waals surface area contributed by atoms with Crippen LogP contribution in [0.4, 0.5) is 4.79 Å². The highest BCUT2D eigenvalue weighted by Gasteiger charge is 2.38. The number of hydrogen-bond acceptors (Lipinski definition) is 6. The van der Waals surface area contributed by atoms with E-state index in [4.69, 9.17) is 9.26 Å². The van der Waals surface area contributed by atoms with Crippen molar-refractivity contribution in [3.05, 3.63) is 77.2 Å². The predicted octanol–water partition coefficient (Wildman–Crippen LogP) is 4.04. The number of alkyl carbamates (subject to hydrolysis) is 1. The third-order valence-electron chi connectivity index (χ3n) is 6.38. The largest absolute Gasteiger partial charge is 0.480 e. The van der Waals surface area contributed by atoms with E-state index >= 15 is 0 Å². The Bertz CT molecular complexity index is 1220. The normalized spacial score (nSPS) is 12.5. The van der Waals surface area contributed by atoms with Crippen LogP contribution in [0.2, 0.25) is 0 Å². The third kappa shape index (κ3) is 4.49. The van der Waals surface area contributed by atoms with Crippen LogP contribution in [0.1, 0.15) is 53.9 Å². The quantitative estimate of drug-likeness (QED) is 0.502. The molecule has 2 N–H and O–H groups in total. The number of carbonyl (C=O) groups excluding carboxylic acids is 2. The number of aromatic nitrogens is 1. The molecule has 0 spiro atoms. The fourth-order valence-corrected chi connectivity index (χ4v) is 4.42. The van der Waals surface area contributed by atoms with Crippen LogP contribution in [0.5, 0.6) is 0 Å². The van der Waals surface area contributed by atoms with Crippen molar-refractivity contribution in [3.8, 4) is 11.1 Å². The number of carbonyl (C=O) groups is 3. The van der Waals surface area contributed by atoms with Crippen molar-refractivity contribution in [2.24, 2.45) is 0 Å². The second-order valence-electron chi connectivity index (χ2n) is 8.77. The first-order valence-corrected chi connectivity index (χ1v) is 11.3. The number of nitrogens with one attached hydrogen (secondary N) is 1. The second kappa shape index (κ2) is 9.61. The third-order valence-corrected chi connectivity index (χ3v) is 6.38. The van der Waals surface area contributed by atoms with Crippen molar-refractivity contribution < 1.29 is 28.8 Å². The first-order valence-electron chi connectivity index (χ1n) is 11.3. The van der Waals surface area contributed by atoms with Crippen LogP contribution in [0, 0.1) is 0 Å². The van der Waals surface area contributed by atoms with E-state index < -0.39 is 23.5 Å². The lowest BCUT2D eigenvalue weighted by atomic mass is 9.98. The number of ether oxygens (including phenoxy) is 1. The molecule has 0 atom stereocenters. The Hall–Kier alpha value is -4.14. The number of amides is 2. The Morgan fingerprint density at radius 3 is 2.26 bits per heavy atom. The summed E-state index contributed by atoms with van der Waals surface area (Å²) in [5, 5.41) is 15.9. The van der Waals surface area contributed by atoms with E-state index in [-0.39, 0.29) is 36.9 Å². The number of carboxylic acid groups (broad SMARTS) is 1. The van der Waals surface area contributed by atoms with Gasteiger partial charge in [-0.3, -0.25) is 4.79 Å². The first-order chi connectivity index (χ1) is 16.8. The number of hydrogen-bond donors (Lipinski definition) is 2. The number of carboxylic acids is 1. The van der Waals surface area contributed by atoms with Crippen molar-refractivity contribution >= 4 is 18.0 Å². The summed E-state index contributed by atoms with van der Waals surface area (Å²) in [5.41, 5.74) is 3.31. The molecule has 4 rings (SSSR count). The van der Waals surface area contributed by atoms with Crippen LogP contribution >= 0.6 is 0 Å². The molecule has 9 nitrogen and oxygen atoms in total. The smallest absolute Gasteiger partial charge is 0.407 e. The van der Waals surface area contributed by atoms with E-state index in [0.29, 0.717) is 0 Å². The number of fused-ring (bicyclic) bond motifs is 3. The van der Waals surface area contributed by atoms with Gasteiger partial charge in [-0.2, -0.15) is 0 Å². The molecule has 0 saturated heterocycles. The fourth-order valence-electron chi connectivity index (χ4n) is 4.42. The van der Waals surface area contributed by atoms with Gasteiger partial charge < -0.3 is 24.6 Å². The van der Waals surface area contributed by atoms with E-state index in [1.807, 2.05) is 36.4 Å². The Kier molecular flexibility index (Phi) is 6.59. The lowest BCUT2D eigenvalue weighted by Crippen LogP contribution is -2.53. The molecule has 1 aliphatic carbocycles. The van der Waals surface area contributed by atoms with Crippen molar-refractivity contribution in [2.75, 3.05) is 13.2 Å². The van der Waals surface area contributed by atoms with Gasteiger partial charge in [0.1, 0.15) is 29.7 Å². The summed E-state index contributed by atoms with van der Waals surface area (Å²) in [7, 11) is 0. The van der Waals surface area contributed by atoms with Gasteiger partial charge in [0.15, 0.2) is 0 Å².